The highest BCUT2D eigenvalue weighted by Crippen LogP contribution is 2.16. The summed E-state index contributed by atoms with van der Waals surface area (Å²) in [7, 11) is 0. The molecule has 0 aliphatic rings. The molecule has 2 nitrogen and oxygen atoms in total. The van der Waals surface area contributed by atoms with E-state index in [-0.39, 0.29) is 17.8 Å². The van der Waals surface area contributed by atoms with Gasteiger partial charge in [-0.05, 0) is 59.7 Å². The predicted molar refractivity (Wildman–Crippen MR) is 84.1 cm³/mol. The van der Waals surface area contributed by atoms with E-state index in [2.05, 4.69) is 27.9 Å². The molecule has 2 rings (SSSR count). The topological polar surface area (TPSA) is 29.1 Å². The Labute approximate surface area is 129 Å². The molecule has 19 heavy (non-hydrogen) atoms. The quantitative estimate of drug-likeness (QED) is 0.791. The molecule has 0 spiro atoms. The van der Waals surface area contributed by atoms with E-state index in [1.54, 1.807) is 23.5 Å². The third kappa shape index (κ3) is 4.28. The van der Waals surface area contributed by atoms with Crippen molar-refractivity contribution < 1.29 is 9.18 Å². The minimum atomic E-state index is -0.242. The zero-order chi connectivity index (χ0) is 13.8. The Hall–Kier alpha value is -0.950. The van der Waals surface area contributed by atoms with Crippen molar-refractivity contribution in [1.29, 1.82) is 0 Å². The van der Waals surface area contributed by atoms with Gasteiger partial charge in [-0.2, -0.15) is 0 Å². The number of nitrogens with one attached hydrogen (secondary N) is 1. The minimum absolute atomic E-state index is 0.00974. The van der Waals surface area contributed by atoms with Crippen LogP contribution in [-0.4, -0.2) is 11.9 Å². The smallest absolute Gasteiger partial charge is 0.252 e. The van der Waals surface area contributed by atoms with Crippen LogP contribution in [0.3, 0.4) is 0 Å². The molecule has 1 amide bonds. The largest absolute Gasteiger partial charge is 0.349 e. The van der Waals surface area contributed by atoms with Gasteiger partial charge in [0, 0.05) is 11.4 Å². The van der Waals surface area contributed by atoms with Crippen LogP contribution in [0, 0.1) is 8.70 Å². The monoisotopic (exact) mass is 389 g/mol. The second kappa shape index (κ2) is 6.47. The number of rotatable bonds is 4. The molecular formula is C14H13FINOS. The highest BCUT2D eigenvalue weighted by atomic mass is 127. The number of halogens is 2. The lowest BCUT2D eigenvalue weighted by Crippen LogP contribution is -2.33. The summed E-state index contributed by atoms with van der Waals surface area (Å²) in [6.07, 6.45) is 0.688. The lowest BCUT2D eigenvalue weighted by molar-refractivity contribution is 0.0940. The first kappa shape index (κ1) is 14.5. The molecule has 0 radical (unpaired) electrons. The van der Waals surface area contributed by atoms with E-state index in [1.807, 2.05) is 18.4 Å². The molecule has 0 saturated heterocycles. The van der Waals surface area contributed by atoms with E-state index in [9.17, 15) is 9.18 Å². The molecule has 1 aromatic heterocycles. The number of carbonyl (C=O) groups is 1. The fraction of sp³-hybridized carbons (Fsp3) is 0.214. The van der Waals surface area contributed by atoms with E-state index < -0.39 is 0 Å². The van der Waals surface area contributed by atoms with E-state index in [0.717, 1.165) is 8.45 Å². The summed E-state index contributed by atoms with van der Waals surface area (Å²) in [6.45, 7) is 1.94. The number of amides is 1. The van der Waals surface area contributed by atoms with Gasteiger partial charge in [0.2, 0.25) is 0 Å². The van der Waals surface area contributed by atoms with Crippen LogP contribution in [-0.2, 0) is 6.42 Å². The molecule has 1 heterocycles. The average Bonchev–Trinajstić information content (AvgIpc) is 2.79. The van der Waals surface area contributed by atoms with Crippen LogP contribution in [0.15, 0.2) is 35.7 Å². The molecule has 0 bridgehead atoms. The van der Waals surface area contributed by atoms with Crippen LogP contribution in [0.5, 0.6) is 0 Å². The molecule has 5 heteroatoms. The summed E-state index contributed by atoms with van der Waals surface area (Å²) in [4.78, 5) is 11.9. The Kier molecular flexibility index (Phi) is 4.93. The third-order valence-electron chi connectivity index (χ3n) is 2.66. The standard InChI is InChI=1S/C14H13FINOS/c1-9(6-10-2-4-12(15)5-3-10)17-14(18)11-7-13(16)19-8-11/h2-5,7-9H,6H2,1H3,(H,17,18). The molecular weight excluding hydrogens is 376 g/mol. The second-order valence-electron chi connectivity index (χ2n) is 4.34. The molecule has 1 unspecified atom stereocenters. The predicted octanol–water partition coefficient (Wildman–Crippen LogP) is 3.85. The molecule has 0 aliphatic heterocycles. The van der Waals surface area contributed by atoms with Gasteiger partial charge in [0.25, 0.3) is 5.91 Å². The second-order valence-corrected chi connectivity index (χ2v) is 7.15. The van der Waals surface area contributed by atoms with Crippen molar-refractivity contribution >= 4 is 39.8 Å². The summed E-state index contributed by atoms with van der Waals surface area (Å²) >= 11 is 3.74. The van der Waals surface area contributed by atoms with Crippen LogP contribution < -0.4 is 5.32 Å². The first-order chi connectivity index (χ1) is 9.04. The van der Waals surface area contributed by atoms with E-state index in [4.69, 9.17) is 0 Å². The van der Waals surface area contributed by atoms with E-state index in [0.29, 0.717) is 12.0 Å². The number of thiophene rings is 1. The lowest BCUT2D eigenvalue weighted by atomic mass is 10.1. The molecule has 1 atom stereocenters. The number of benzene rings is 1. The number of carbonyl (C=O) groups excluding carboxylic acids is 1. The Bertz CT molecular complexity index is 567. The molecule has 0 aliphatic carbocycles. The van der Waals surface area contributed by atoms with E-state index in [1.165, 1.54) is 12.1 Å². The number of hydrogen-bond acceptors (Lipinski definition) is 2. The zero-order valence-electron chi connectivity index (χ0n) is 10.3. The van der Waals surface area contributed by atoms with Gasteiger partial charge in [-0.3, -0.25) is 4.79 Å². The molecule has 0 fully saturated rings. The summed E-state index contributed by atoms with van der Waals surface area (Å²) < 4.78 is 13.9. The normalized spacial score (nSPS) is 12.2. The molecule has 1 N–H and O–H groups in total. The highest BCUT2D eigenvalue weighted by molar-refractivity contribution is 14.1. The van der Waals surface area contributed by atoms with Crippen molar-refractivity contribution in [3.05, 3.63) is 55.5 Å². The Morgan fingerprint density at radius 2 is 2.11 bits per heavy atom. The van der Waals surface area contributed by atoms with Crippen molar-refractivity contribution in [1.82, 2.24) is 5.32 Å². The van der Waals surface area contributed by atoms with Crippen LogP contribution in [0.25, 0.3) is 0 Å². The van der Waals surface area contributed by atoms with Crippen molar-refractivity contribution in [3.8, 4) is 0 Å². The lowest BCUT2D eigenvalue weighted by Gasteiger charge is -2.13. The summed E-state index contributed by atoms with van der Waals surface area (Å²) in [5.41, 5.74) is 1.70. The average molecular weight is 389 g/mol. The van der Waals surface area contributed by atoms with Crippen molar-refractivity contribution in [2.45, 2.75) is 19.4 Å². The van der Waals surface area contributed by atoms with E-state index >= 15 is 0 Å². The fourth-order valence-corrected chi connectivity index (χ4v) is 3.09. The third-order valence-corrected chi connectivity index (χ3v) is 4.45. The van der Waals surface area contributed by atoms with Crippen LogP contribution in [0.1, 0.15) is 22.8 Å². The van der Waals surface area contributed by atoms with Crippen LogP contribution >= 0.6 is 33.9 Å². The molecule has 2 aromatic rings. The Morgan fingerprint density at radius 1 is 1.42 bits per heavy atom. The van der Waals surface area contributed by atoms with Crippen molar-refractivity contribution in [2.24, 2.45) is 0 Å². The maximum atomic E-state index is 12.8. The van der Waals surface area contributed by atoms with Gasteiger partial charge in [-0.15, -0.1) is 11.3 Å². The number of hydrogen-bond donors (Lipinski definition) is 1. The van der Waals surface area contributed by atoms with Gasteiger partial charge in [-0.25, -0.2) is 4.39 Å². The summed E-state index contributed by atoms with van der Waals surface area (Å²) in [5.74, 6) is -0.304. The maximum absolute atomic E-state index is 12.8. The van der Waals surface area contributed by atoms with Gasteiger partial charge >= 0.3 is 0 Å². The van der Waals surface area contributed by atoms with Gasteiger partial charge < -0.3 is 5.32 Å². The van der Waals surface area contributed by atoms with Crippen molar-refractivity contribution in [3.63, 3.8) is 0 Å². The first-order valence-corrected chi connectivity index (χ1v) is 7.80. The van der Waals surface area contributed by atoms with Gasteiger partial charge in [0.15, 0.2) is 0 Å². The Balaban J connectivity index is 1.92. The van der Waals surface area contributed by atoms with Crippen LogP contribution in [0.4, 0.5) is 4.39 Å². The maximum Gasteiger partial charge on any atom is 0.252 e. The summed E-state index contributed by atoms with van der Waals surface area (Å²) in [6, 6.07) is 8.23. The molecule has 0 saturated carbocycles. The zero-order valence-corrected chi connectivity index (χ0v) is 13.3. The fourth-order valence-electron chi connectivity index (χ4n) is 1.76. The highest BCUT2D eigenvalue weighted by Gasteiger charge is 2.11. The molecule has 100 valence electrons. The first-order valence-electron chi connectivity index (χ1n) is 5.84. The Morgan fingerprint density at radius 3 is 2.68 bits per heavy atom. The SMILES string of the molecule is CC(Cc1ccc(F)cc1)NC(=O)c1csc(I)c1. The van der Waals surface area contributed by atoms with Crippen LogP contribution in [0.2, 0.25) is 0 Å². The van der Waals surface area contributed by atoms with Gasteiger partial charge in [-0.1, -0.05) is 12.1 Å². The minimum Gasteiger partial charge on any atom is -0.349 e. The van der Waals surface area contributed by atoms with Gasteiger partial charge in [0.05, 0.1) is 8.45 Å². The molecule has 1 aromatic carbocycles. The summed E-state index contributed by atoms with van der Waals surface area (Å²) in [5, 5.41) is 4.79. The van der Waals surface area contributed by atoms with Gasteiger partial charge in [0.1, 0.15) is 5.82 Å². The van der Waals surface area contributed by atoms with Crippen molar-refractivity contribution in [2.75, 3.05) is 0 Å².